The lowest BCUT2D eigenvalue weighted by atomic mass is 10.1. The normalized spacial score (nSPS) is 11.8. The van der Waals surface area contributed by atoms with Crippen LogP contribution in [0.4, 0.5) is 5.82 Å². The Morgan fingerprint density at radius 3 is 2.48 bits per heavy atom. The Morgan fingerprint density at radius 1 is 1.26 bits per heavy atom. The quantitative estimate of drug-likeness (QED) is 0.627. The van der Waals surface area contributed by atoms with E-state index in [1.807, 2.05) is 0 Å². The van der Waals surface area contributed by atoms with Gasteiger partial charge in [0.15, 0.2) is 11.8 Å². The second kappa shape index (κ2) is 6.69. The Morgan fingerprint density at radius 2 is 1.91 bits per heavy atom. The number of halogens is 1. The first-order chi connectivity index (χ1) is 10.8. The maximum atomic E-state index is 12.6. The molecule has 2 aromatic rings. The number of nitrogens with two attached hydrogens (primary N) is 2. The van der Waals surface area contributed by atoms with Crippen LogP contribution in [-0.4, -0.2) is 36.8 Å². The zero-order valence-electron chi connectivity index (χ0n) is 12.8. The fourth-order valence-corrected chi connectivity index (χ4v) is 3.96. The van der Waals surface area contributed by atoms with Gasteiger partial charge in [0, 0.05) is 30.1 Å². The topological polar surface area (TPSA) is 115 Å². The number of benzene rings is 1. The van der Waals surface area contributed by atoms with Crippen molar-refractivity contribution in [1.82, 2.24) is 9.29 Å². The number of guanidine groups is 1. The first kappa shape index (κ1) is 17.5. The largest absolute Gasteiger partial charge is 0.370 e. The van der Waals surface area contributed by atoms with Gasteiger partial charge in [-0.2, -0.15) is 9.30 Å². The molecule has 0 bridgehead atoms. The van der Waals surface area contributed by atoms with E-state index in [1.165, 1.54) is 22.6 Å². The van der Waals surface area contributed by atoms with E-state index >= 15 is 0 Å². The minimum Gasteiger partial charge on any atom is -0.370 e. The molecule has 0 amide bonds. The van der Waals surface area contributed by atoms with E-state index in [4.69, 9.17) is 23.1 Å². The van der Waals surface area contributed by atoms with Crippen LogP contribution < -0.4 is 11.5 Å². The maximum absolute atomic E-state index is 12.6. The van der Waals surface area contributed by atoms with Gasteiger partial charge in [0.1, 0.15) is 0 Å². The molecular formula is C14H18ClN5O2S. The summed E-state index contributed by atoms with van der Waals surface area (Å²) in [6, 6.07) is 4.63. The van der Waals surface area contributed by atoms with Gasteiger partial charge in [-0.05, 0) is 12.1 Å². The van der Waals surface area contributed by atoms with E-state index in [0.717, 1.165) is 0 Å². The molecule has 0 radical (unpaired) electrons. The second-order valence-electron chi connectivity index (χ2n) is 4.76. The van der Waals surface area contributed by atoms with E-state index in [9.17, 15) is 8.42 Å². The number of aliphatic imine (C=N–C) groups is 1. The summed E-state index contributed by atoms with van der Waals surface area (Å²) in [5.41, 5.74) is 10.8. The van der Waals surface area contributed by atoms with Crippen LogP contribution in [0.1, 0.15) is 13.8 Å². The maximum Gasteiger partial charge on any atom is 0.243 e. The number of hydrogen-bond donors (Lipinski definition) is 2. The predicted molar refractivity (Wildman–Crippen MR) is 92.3 cm³/mol. The predicted octanol–water partition coefficient (Wildman–Crippen LogP) is 1.82. The molecule has 0 aliphatic rings. The number of aromatic nitrogens is 1. The number of hydrogen-bond acceptors (Lipinski definition) is 4. The van der Waals surface area contributed by atoms with E-state index in [2.05, 4.69) is 9.98 Å². The molecule has 0 unspecified atom stereocenters. The Balaban J connectivity index is 2.73. The highest BCUT2D eigenvalue weighted by atomic mass is 35.5. The average molecular weight is 356 g/mol. The number of sulfonamides is 1. The molecule has 1 heterocycles. The Kier molecular flexibility index (Phi) is 5.08. The van der Waals surface area contributed by atoms with Gasteiger partial charge in [0.05, 0.1) is 9.92 Å². The lowest BCUT2D eigenvalue weighted by Crippen LogP contribution is -2.30. The second-order valence-corrected chi connectivity index (χ2v) is 7.11. The van der Waals surface area contributed by atoms with Crippen LogP contribution in [0.2, 0.25) is 5.02 Å². The molecule has 0 saturated carbocycles. The molecule has 0 aliphatic carbocycles. The third-order valence-corrected chi connectivity index (χ3v) is 5.71. The van der Waals surface area contributed by atoms with Gasteiger partial charge in [-0.1, -0.05) is 31.5 Å². The van der Waals surface area contributed by atoms with Crippen molar-refractivity contribution in [2.75, 3.05) is 13.1 Å². The van der Waals surface area contributed by atoms with Crippen molar-refractivity contribution < 1.29 is 8.42 Å². The molecule has 124 valence electrons. The van der Waals surface area contributed by atoms with Crippen molar-refractivity contribution >= 4 is 44.2 Å². The van der Waals surface area contributed by atoms with E-state index in [-0.39, 0.29) is 16.7 Å². The van der Waals surface area contributed by atoms with Crippen LogP contribution in [0.5, 0.6) is 0 Å². The lowest BCUT2D eigenvalue weighted by Gasteiger charge is -2.18. The van der Waals surface area contributed by atoms with Gasteiger partial charge in [-0.25, -0.2) is 13.4 Å². The van der Waals surface area contributed by atoms with Gasteiger partial charge < -0.3 is 11.5 Å². The number of nitrogens with zero attached hydrogens (tertiary/aromatic N) is 3. The molecule has 0 atom stereocenters. The van der Waals surface area contributed by atoms with Crippen LogP contribution in [0.15, 0.2) is 34.3 Å². The molecule has 0 fully saturated rings. The third-order valence-electron chi connectivity index (χ3n) is 3.37. The molecule has 2 rings (SSSR count). The van der Waals surface area contributed by atoms with E-state index in [1.54, 1.807) is 19.9 Å². The summed E-state index contributed by atoms with van der Waals surface area (Å²) in [5, 5.41) is 1.49. The number of pyridine rings is 1. The molecular weight excluding hydrogens is 338 g/mol. The molecule has 1 aromatic carbocycles. The van der Waals surface area contributed by atoms with Gasteiger partial charge in [0.2, 0.25) is 10.0 Å². The van der Waals surface area contributed by atoms with Crippen molar-refractivity contribution in [2.45, 2.75) is 18.7 Å². The third kappa shape index (κ3) is 3.39. The van der Waals surface area contributed by atoms with Crippen LogP contribution in [0.3, 0.4) is 0 Å². The summed E-state index contributed by atoms with van der Waals surface area (Å²) in [6.45, 7) is 4.33. The SMILES string of the molecule is CCN(CC)S(=O)(=O)c1ccc2c(Cl)cnc(N=C(N)N)c2c1. The number of fused-ring (bicyclic) bond motifs is 1. The van der Waals surface area contributed by atoms with Crippen molar-refractivity contribution in [1.29, 1.82) is 0 Å². The van der Waals surface area contributed by atoms with Gasteiger partial charge >= 0.3 is 0 Å². The van der Waals surface area contributed by atoms with Crippen LogP contribution in [0.25, 0.3) is 10.8 Å². The molecule has 7 nitrogen and oxygen atoms in total. The molecule has 23 heavy (non-hydrogen) atoms. The summed E-state index contributed by atoms with van der Waals surface area (Å²) in [6.07, 6.45) is 1.42. The zero-order valence-corrected chi connectivity index (χ0v) is 14.4. The minimum atomic E-state index is -3.60. The molecule has 0 saturated heterocycles. The molecule has 0 spiro atoms. The van der Waals surface area contributed by atoms with Crippen LogP contribution in [-0.2, 0) is 10.0 Å². The molecule has 4 N–H and O–H groups in total. The minimum absolute atomic E-state index is 0.143. The van der Waals surface area contributed by atoms with Crippen molar-refractivity contribution in [3.05, 3.63) is 29.4 Å². The summed E-state index contributed by atoms with van der Waals surface area (Å²) in [5.74, 6) is 0.0547. The molecule has 0 aliphatic heterocycles. The fourth-order valence-electron chi connectivity index (χ4n) is 2.26. The summed E-state index contributed by atoms with van der Waals surface area (Å²) in [7, 11) is -3.60. The lowest BCUT2D eigenvalue weighted by molar-refractivity contribution is 0.445. The first-order valence-electron chi connectivity index (χ1n) is 6.99. The van der Waals surface area contributed by atoms with E-state index < -0.39 is 10.0 Å². The van der Waals surface area contributed by atoms with Gasteiger partial charge in [-0.15, -0.1) is 0 Å². The van der Waals surface area contributed by atoms with Gasteiger partial charge in [-0.3, -0.25) is 0 Å². The first-order valence-corrected chi connectivity index (χ1v) is 8.81. The molecule has 1 aromatic heterocycles. The summed E-state index contributed by atoms with van der Waals surface area (Å²) >= 11 is 6.12. The Bertz CT molecular complexity index is 859. The average Bonchev–Trinajstić information content (AvgIpc) is 2.50. The van der Waals surface area contributed by atoms with Crippen LogP contribution >= 0.6 is 11.6 Å². The highest BCUT2D eigenvalue weighted by Crippen LogP contribution is 2.32. The van der Waals surface area contributed by atoms with Crippen LogP contribution in [0, 0.1) is 0 Å². The Hall–Kier alpha value is -1.90. The fraction of sp³-hybridized carbons (Fsp3) is 0.286. The van der Waals surface area contributed by atoms with Crippen molar-refractivity contribution in [2.24, 2.45) is 16.5 Å². The van der Waals surface area contributed by atoms with Crippen molar-refractivity contribution in [3.8, 4) is 0 Å². The Labute approximate surface area is 140 Å². The summed E-state index contributed by atoms with van der Waals surface area (Å²) in [4.78, 5) is 8.14. The van der Waals surface area contributed by atoms with E-state index in [0.29, 0.717) is 28.9 Å². The standard InChI is InChI=1S/C14H18ClN5O2S/c1-3-20(4-2)23(21,22)9-5-6-10-11(7-9)13(19-14(16)17)18-8-12(10)15/h5-8H,3-4H2,1-2H3,(H4,16,17,18,19). The van der Waals surface area contributed by atoms with Gasteiger partial charge in [0.25, 0.3) is 0 Å². The zero-order chi connectivity index (χ0) is 17.2. The number of rotatable bonds is 5. The van der Waals surface area contributed by atoms with Crippen molar-refractivity contribution in [3.63, 3.8) is 0 Å². The highest BCUT2D eigenvalue weighted by molar-refractivity contribution is 7.89. The summed E-state index contributed by atoms with van der Waals surface area (Å²) < 4.78 is 26.7. The molecule has 9 heteroatoms. The monoisotopic (exact) mass is 355 g/mol. The smallest absolute Gasteiger partial charge is 0.243 e. The highest BCUT2D eigenvalue weighted by Gasteiger charge is 2.22.